The fourth-order valence-corrected chi connectivity index (χ4v) is 3.26. The molecule has 0 aliphatic heterocycles. The zero-order chi connectivity index (χ0) is 16.5. The molecule has 0 aliphatic carbocycles. The predicted octanol–water partition coefficient (Wildman–Crippen LogP) is 3.97. The Morgan fingerprint density at radius 2 is 1.75 bits per heavy atom. The zero-order valence-electron chi connectivity index (χ0n) is 13.0. The number of nitrogens with zero attached hydrogens (tertiary/aromatic N) is 2. The van der Waals surface area contributed by atoms with Crippen molar-refractivity contribution in [3.05, 3.63) is 83.8 Å². The quantitative estimate of drug-likeness (QED) is 0.620. The third-order valence-electron chi connectivity index (χ3n) is 4.39. The van der Waals surface area contributed by atoms with E-state index >= 15 is 0 Å². The molecule has 118 valence electrons. The summed E-state index contributed by atoms with van der Waals surface area (Å²) in [5, 5.41) is 12.0. The number of rotatable bonds is 4. The molecule has 4 nitrogen and oxygen atoms in total. The molecule has 1 N–H and O–H groups in total. The molecule has 2 aromatic carbocycles. The molecule has 0 atom stereocenters. The Morgan fingerprint density at radius 1 is 0.958 bits per heavy atom. The molecule has 4 heteroatoms. The molecule has 2 heterocycles. The van der Waals surface area contributed by atoms with Crippen molar-refractivity contribution in [2.45, 2.75) is 12.8 Å². The maximum absolute atomic E-state index is 11.7. The van der Waals surface area contributed by atoms with Gasteiger partial charge in [0.25, 0.3) is 0 Å². The monoisotopic (exact) mass is 316 g/mol. The Kier molecular flexibility index (Phi) is 3.50. The summed E-state index contributed by atoms with van der Waals surface area (Å²) in [4.78, 5) is 15.9. The van der Waals surface area contributed by atoms with Gasteiger partial charge in [0.2, 0.25) is 0 Å². The van der Waals surface area contributed by atoms with E-state index in [0.29, 0.717) is 17.8 Å². The first-order valence-corrected chi connectivity index (χ1v) is 7.89. The van der Waals surface area contributed by atoms with Crippen LogP contribution in [0, 0.1) is 0 Å². The highest BCUT2D eigenvalue weighted by molar-refractivity contribution is 5.89. The van der Waals surface area contributed by atoms with Crippen LogP contribution in [0.2, 0.25) is 0 Å². The molecule has 0 unspecified atom stereocenters. The third kappa shape index (κ3) is 2.42. The van der Waals surface area contributed by atoms with Crippen molar-refractivity contribution in [3.63, 3.8) is 0 Å². The van der Waals surface area contributed by atoms with Gasteiger partial charge in [0.15, 0.2) is 0 Å². The first kappa shape index (κ1) is 14.5. The number of fused-ring (bicyclic) bond motifs is 2. The van der Waals surface area contributed by atoms with Gasteiger partial charge in [0, 0.05) is 12.4 Å². The Balaban J connectivity index is 1.72. The van der Waals surface area contributed by atoms with E-state index in [1.165, 1.54) is 16.3 Å². The number of hydrogen-bond donors (Lipinski definition) is 1. The van der Waals surface area contributed by atoms with E-state index in [4.69, 9.17) is 0 Å². The summed E-state index contributed by atoms with van der Waals surface area (Å²) < 4.78 is 1.64. The van der Waals surface area contributed by atoms with Crippen molar-refractivity contribution >= 4 is 22.4 Å². The minimum atomic E-state index is -0.925. The van der Waals surface area contributed by atoms with Crippen molar-refractivity contribution in [1.29, 1.82) is 0 Å². The molecule has 4 rings (SSSR count). The molecule has 0 saturated heterocycles. The Morgan fingerprint density at radius 3 is 2.62 bits per heavy atom. The summed E-state index contributed by atoms with van der Waals surface area (Å²) in [6, 6.07) is 18.3. The second-order valence-corrected chi connectivity index (χ2v) is 5.81. The molecule has 0 amide bonds. The van der Waals surface area contributed by atoms with Gasteiger partial charge in [-0.25, -0.2) is 9.78 Å². The normalized spacial score (nSPS) is 11.2. The number of carboxylic acid groups (broad SMARTS) is 1. The molecule has 24 heavy (non-hydrogen) atoms. The number of aryl methyl sites for hydroxylation is 2. The van der Waals surface area contributed by atoms with Crippen molar-refractivity contribution < 1.29 is 9.90 Å². The van der Waals surface area contributed by atoms with Gasteiger partial charge >= 0.3 is 5.97 Å². The zero-order valence-corrected chi connectivity index (χ0v) is 13.0. The molecule has 0 fully saturated rings. The summed E-state index contributed by atoms with van der Waals surface area (Å²) in [5.74, 6) is -0.925. The molecule has 0 aliphatic rings. The molecule has 0 bridgehead atoms. The minimum Gasteiger partial charge on any atom is -0.477 e. The minimum absolute atomic E-state index is 0.297. The highest BCUT2D eigenvalue weighted by atomic mass is 16.4. The second-order valence-electron chi connectivity index (χ2n) is 5.81. The molecular formula is C20H16N2O2. The maximum atomic E-state index is 11.7. The van der Waals surface area contributed by atoms with Gasteiger partial charge in [-0.05, 0) is 40.8 Å². The highest BCUT2D eigenvalue weighted by Gasteiger charge is 2.15. The van der Waals surface area contributed by atoms with Crippen LogP contribution in [0.25, 0.3) is 16.4 Å². The van der Waals surface area contributed by atoms with Crippen LogP contribution in [0.15, 0.2) is 67.0 Å². The number of carboxylic acids is 1. The van der Waals surface area contributed by atoms with E-state index < -0.39 is 5.97 Å². The smallest absolute Gasteiger partial charge is 0.353 e. The van der Waals surface area contributed by atoms with Crippen LogP contribution in [-0.2, 0) is 12.8 Å². The van der Waals surface area contributed by atoms with Gasteiger partial charge < -0.3 is 5.11 Å². The Bertz CT molecular complexity index is 1040. The van der Waals surface area contributed by atoms with E-state index in [1.807, 2.05) is 24.3 Å². The number of hydrogen-bond acceptors (Lipinski definition) is 2. The molecule has 0 saturated carbocycles. The topological polar surface area (TPSA) is 54.6 Å². The molecule has 4 aromatic rings. The summed E-state index contributed by atoms with van der Waals surface area (Å²) >= 11 is 0. The highest BCUT2D eigenvalue weighted by Crippen LogP contribution is 2.21. The van der Waals surface area contributed by atoms with Crippen molar-refractivity contribution in [2.75, 3.05) is 0 Å². The maximum Gasteiger partial charge on any atom is 0.353 e. The van der Waals surface area contributed by atoms with Crippen LogP contribution in [0.1, 0.15) is 21.6 Å². The van der Waals surface area contributed by atoms with E-state index in [0.717, 1.165) is 12.0 Å². The molecule has 2 aromatic heterocycles. The summed E-state index contributed by atoms with van der Waals surface area (Å²) in [5.41, 5.74) is 3.00. The van der Waals surface area contributed by atoms with E-state index in [2.05, 4.69) is 35.3 Å². The van der Waals surface area contributed by atoms with E-state index in [9.17, 15) is 9.90 Å². The van der Waals surface area contributed by atoms with Gasteiger partial charge in [-0.2, -0.15) is 0 Å². The van der Waals surface area contributed by atoms with Gasteiger partial charge in [-0.1, -0.05) is 48.5 Å². The van der Waals surface area contributed by atoms with Crippen LogP contribution in [-0.4, -0.2) is 20.5 Å². The Hall–Kier alpha value is -3.14. The number of benzene rings is 2. The molecule has 0 spiro atoms. The first-order chi connectivity index (χ1) is 11.7. The second kappa shape index (κ2) is 5.81. The number of aromatic carboxylic acids is 1. The summed E-state index contributed by atoms with van der Waals surface area (Å²) in [6.45, 7) is 0. The lowest BCUT2D eigenvalue weighted by Gasteiger charge is -2.10. The number of carbonyl (C=O) groups is 1. The van der Waals surface area contributed by atoms with Crippen LogP contribution < -0.4 is 0 Å². The number of aromatic nitrogens is 2. The lowest BCUT2D eigenvalue weighted by Crippen LogP contribution is -2.10. The average molecular weight is 316 g/mol. The predicted molar refractivity (Wildman–Crippen MR) is 93.5 cm³/mol. The van der Waals surface area contributed by atoms with Crippen molar-refractivity contribution in [1.82, 2.24) is 9.38 Å². The standard InChI is InChI=1S/C20H16N2O2/c23-20(24)19-16(10-11-18-21-12-13-22(18)19)9-8-15-6-3-5-14-4-1-2-7-17(14)15/h1-7,10-13H,8-9H2,(H,23,24). The van der Waals surface area contributed by atoms with Crippen LogP contribution in [0.4, 0.5) is 0 Å². The largest absolute Gasteiger partial charge is 0.477 e. The van der Waals surface area contributed by atoms with E-state index in [-0.39, 0.29) is 0 Å². The van der Waals surface area contributed by atoms with Crippen LogP contribution >= 0.6 is 0 Å². The van der Waals surface area contributed by atoms with Crippen LogP contribution in [0.3, 0.4) is 0 Å². The van der Waals surface area contributed by atoms with Gasteiger partial charge in [0.05, 0.1) is 0 Å². The fourth-order valence-electron chi connectivity index (χ4n) is 3.26. The fraction of sp³-hybridized carbons (Fsp3) is 0.100. The van der Waals surface area contributed by atoms with E-state index in [1.54, 1.807) is 16.8 Å². The van der Waals surface area contributed by atoms with Crippen LogP contribution in [0.5, 0.6) is 0 Å². The van der Waals surface area contributed by atoms with Gasteiger partial charge in [0.1, 0.15) is 11.3 Å². The van der Waals surface area contributed by atoms with Gasteiger partial charge in [-0.15, -0.1) is 0 Å². The summed E-state index contributed by atoms with van der Waals surface area (Å²) in [6.07, 6.45) is 4.78. The number of imidazole rings is 1. The SMILES string of the molecule is O=C(O)c1c(CCc2cccc3ccccc23)ccc2nccn12. The number of pyridine rings is 1. The lowest BCUT2D eigenvalue weighted by atomic mass is 9.98. The van der Waals surface area contributed by atoms with Gasteiger partial charge in [-0.3, -0.25) is 4.40 Å². The first-order valence-electron chi connectivity index (χ1n) is 7.89. The van der Waals surface area contributed by atoms with Crippen molar-refractivity contribution in [2.24, 2.45) is 0 Å². The Labute approximate surface area is 139 Å². The molecule has 0 radical (unpaired) electrons. The molecular weight excluding hydrogens is 300 g/mol. The lowest BCUT2D eigenvalue weighted by molar-refractivity contribution is 0.0687. The summed E-state index contributed by atoms with van der Waals surface area (Å²) in [7, 11) is 0. The third-order valence-corrected chi connectivity index (χ3v) is 4.39. The average Bonchev–Trinajstić information content (AvgIpc) is 3.07. The van der Waals surface area contributed by atoms with Crippen molar-refractivity contribution in [3.8, 4) is 0 Å².